The number of thiol groups is 2. The van der Waals surface area contributed by atoms with Crippen molar-refractivity contribution in [2.75, 3.05) is 0 Å². The standard InChI is InChI=1S/C32H34N2O4S4/c1-23-3-7-31(8-4-23)41(35,36)33-17-25-11-27(15-29(13-25)21-39)19-34(42(37,38)32-9-5-24(2)6-10-32)20-28-12-26(18-33)14-30(16-28)22-40/h3-16,39-40H,17-22H2,1-2H3. The molecule has 0 unspecified atom stereocenters. The number of aryl methyl sites for hydroxylation is 2. The summed E-state index contributed by atoms with van der Waals surface area (Å²) in [7, 11) is -7.71. The Balaban J connectivity index is 1.66. The third kappa shape index (κ3) is 6.79. The predicted octanol–water partition coefficient (Wildman–Crippen LogP) is 6.26. The Kier molecular flexibility index (Phi) is 9.22. The number of sulfonamides is 2. The Morgan fingerprint density at radius 3 is 1.07 bits per heavy atom. The Morgan fingerprint density at radius 1 is 0.524 bits per heavy atom. The van der Waals surface area contributed by atoms with Crippen molar-refractivity contribution in [1.29, 1.82) is 0 Å². The first-order valence-corrected chi connectivity index (χ1v) is 17.7. The van der Waals surface area contributed by atoms with Gasteiger partial charge in [-0.05, 0) is 71.5 Å². The van der Waals surface area contributed by atoms with Crippen LogP contribution in [0.4, 0.5) is 0 Å². The first-order chi connectivity index (χ1) is 20.0. The monoisotopic (exact) mass is 638 g/mol. The fraction of sp³-hybridized carbons (Fsp3) is 0.250. The minimum absolute atomic E-state index is 0.121. The number of hydrogen-bond acceptors (Lipinski definition) is 6. The van der Waals surface area contributed by atoms with E-state index in [9.17, 15) is 16.8 Å². The smallest absolute Gasteiger partial charge is 0.207 e. The van der Waals surface area contributed by atoms with Gasteiger partial charge in [0.05, 0.1) is 9.79 Å². The van der Waals surface area contributed by atoms with Crippen LogP contribution in [-0.2, 0) is 57.7 Å². The fourth-order valence-electron chi connectivity index (χ4n) is 5.21. The highest BCUT2D eigenvalue weighted by atomic mass is 32.2. The lowest BCUT2D eigenvalue weighted by molar-refractivity contribution is 0.391. The maximum Gasteiger partial charge on any atom is 0.243 e. The molecule has 0 N–H and O–H groups in total. The van der Waals surface area contributed by atoms with Gasteiger partial charge in [0.2, 0.25) is 20.0 Å². The minimum atomic E-state index is -3.85. The van der Waals surface area contributed by atoms with Crippen molar-refractivity contribution in [3.8, 4) is 0 Å². The summed E-state index contributed by atoms with van der Waals surface area (Å²) in [5, 5.41) is 0. The van der Waals surface area contributed by atoms with Crippen LogP contribution in [0.3, 0.4) is 0 Å². The summed E-state index contributed by atoms with van der Waals surface area (Å²) in [5.74, 6) is 0.862. The van der Waals surface area contributed by atoms with Crippen LogP contribution in [0.5, 0.6) is 0 Å². The lowest BCUT2D eigenvalue weighted by Gasteiger charge is -2.27. The molecule has 0 saturated heterocycles. The molecule has 10 heteroatoms. The topological polar surface area (TPSA) is 74.8 Å². The van der Waals surface area contributed by atoms with Gasteiger partial charge in [-0.2, -0.15) is 33.9 Å². The van der Waals surface area contributed by atoms with Gasteiger partial charge in [0, 0.05) is 37.7 Å². The third-order valence-corrected chi connectivity index (χ3v) is 11.7. The second kappa shape index (κ2) is 12.6. The molecular weight excluding hydrogens is 605 g/mol. The lowest BCUT2D eigenvalue weighted by atomic mass is 10.0. The van der Waals surface area contributed by atoms with Crippen molar-refractivity contribution >= 4 is 45.3 Å². The van der Waals surface area contributed by atoms with E-state index in [4.69, 9.17) is 0 Å². The zero-order valence-electron chi connectivity index (χ0n) is 23.6. The van der Waals surface area contributed by atoms with Gasteiger partial charge >= 0.3 is 0 Å². The number of benzene rings is 4. The molecule has 0 atom stereocenters. The van der Waals surface area contributed by atoms with E-state index < -0.39 is 20.0 Å². The van der Waals surface area contributed by atoms with Gasteiger partial charge < -0.3 is 0 Å². The van der Waals surface area contributed by atoms with Crippen LogP contribution >= 0.6 is 25.3 Å². The highest BCUT2D eigenvalue weighted by Gasteiger charge is 2.29. The van der Waals surface area contributed by atoms with Gasteiger partial charge in [-0.25, -0.2) is 16.8 Å². The lowest BCUT2D eigenvalue weighted by Crippen LogP contribution is -2.32. The molecule has 1 heterocycles. The normalized spacial score (nSPS) is 15.1. The van der Waals surface area contributed by atoms with E-state index in [2.05, 4.69) is 25.3 Å². The number of hydrogen-bond donors (Lipinski definition) is 2. The van der Waals surface area contributed by atoms with Crippen LogP contribution in [0.2, 0.25) is 0 Å². The maximum atomic E-state index is 14.0. The summed E-state index contributed by atoms with van der Waals surface area (Å²) in [5.41, 5.74) is 6.81. The zero-order valence-corrected chi connectivity index (χ0v) is 27.0. The number of nitrogens with zero attached hydrogens (tertiary/aromatic N) is 2. The second-order valence-electron chi connectivity index (χ2n) is 10.8. The van der Waals surface area contributed by atoms with Gasteiger partial charge in [-0.1, -0.05) is 71.8 Å². The van der Waals surface area contributed by atoms with E-state index in [1.165, 1.54) is 8.61 Å². The molecular formula is C32H34N2O4S4. The Bertz CT molecular complexity index is 1620. The molecule has 4 aromatic rings. The molecule has 42 heavy (non-hydrogen) atoms. The van der Waals surface area contributed by atoms with E-state index in [1.807, 2.05) is 50.2 Å². The summed E-state index contributed by atoms with van der Waals surface area (Å²) < 4.78 is 58.9. The summed E-state index contributed by atoms with van der Waals surface area (Å²) in [4.78, 5) is 0.457. The first kappa shape index (κ1) is 30.8. The summed E-state index contributed by atoms with van der Waals surface area (Å²) in [6.07, 6.45) is 0. The number of fused-ring (bicyclic) bond motifs is 4. The third-order valence-electron chi connectivity index (χ3n) is 7.34. The van der Waals surface area contributed by atoms with Gasteiger partial charge in [0.1, 0.15) is 0 Å². The van der Waals surface area contributed by atoms with E-state index in [-0.39, 0.29) is 36.0 Å². The second-order valence-corrected chi connectivity index (χ2v) is 15.3. The van der Waals surface area contributed by atoms with Gasteiger partial charge in [-0.15, -0.1) is 0 Å². The summed E-state index contributed by atoms with van der Waals surface area (Å²) in [6.45, 7) is 4.33. The molecule has 1 aliphatic heterocycles. The molecule has 6 nitrogen and oxygen atoms in total. The minimum Gasteiger partial charge on any atom is -0.207 e. The van der Waals surface area contributed by atoms with Crippen molar-refractivity contribution in [3.63, 3.8) is 0 Å². The van der Waals surface area contributed by atoms with Crippen LogP contribution < -0.4 is 0 Å². The Morgan fingerprint density at radius 2 is 0.810 bits per heavy atom. The highest BCUT2D eigenvalue weighted by molar-refractivity contribution is 7.89. The van der Waals surface area contributed by atoms with Crippen molar-refractivity contribution in [1.82, 2.24) is 8.61 Å². The fourth-order valence-corrected chi connectivity index (χ4v) is 8.41. The molecule has 0 aromatic heterocycles. The van der Waals surface area contributed by atoms with Crippen molar-refractivity contribution < 1.29 is 16.8 Å². The van der Waals surface area contributed by atoms with Gasteiger partial charge in [0.25, 0.3) is 0 Å². The SMILES string of the molecule is Cc1ccc(S(=O)(=O)N2Cc3cc(CS)cc(c3)CN(S(=O)(=O)c3ccc(C)cc3)Cc3cc(CS)cc(c3)C2)cc1. The average Bonchev–Trinajstić information content (AvgIpc) is 2.96. The zero-order chi connectivity index (χ0) is 30.1. The van der Waals surface area contributed by atoms with Crippen molar-refractivity contribution in [3.05, 3.63) is 129 Å². The van der Waals surface area contributed by atoms with Crippen molar-refractivity contribution in [2.45, 2.75) is 61.3 Å². The quantitative estimate of drug-likeness (QED) is 0.245. The molecule has 0 radical (unpaired) electrons. The van der Waals surface area contributed by atoms with Crippen LogP contribution in [0.15, 0.2) is 94.7 Å². The van der Waals surface area contributed by atoms with Gasteiger partial charge in [-0.3, -0.25) is 0 Å². The predicted molar refractivity (Wildman–Crippen MR) is 173 cm³/mol. The Labute approximate surface area is 260 Å². The Hall–Kier alpha value is -2.60. The molecule has 4 aromatic carbocycles. The average molecular weight is 639 g/mol. The molecule has 0 saturated carbocycles. The van der Waals surface area contributed by atoms with E-state index in [0.717, 1.165) is 44.5 Å². The van der Waals surface area contributed by atoms with Crippen molar-refractivity contribution in [2.24, 2.45) is 0 Å². The van der Waals surface area contributed by atoms with Gasteiger partial charge in [0.15, 0.2) is 0 Å². The largest absolute Gasteiger partial charge is 0.243 e. The van der Waals surface area contributed by atoms with Crippen LogP contribution in [-0.4, -0.2) is 25.4 Å². The highest BCUT2D eigenvalue weighted by Crippen LogP contribution is 2.28. The molecule has 0 aliphatic carbocycles. The molecule has 0 amide bonds. The maximum absolute atomic E-state index is 14.0. The van der Waals surface area contributed by atoms with E-state index >= 15 is 0 Å². The molecule has 1 aliphatic rings. The van der Waals surface area contributed by atoms with Crippen LogP contribution in [0, 0.1) is 13.8 Å². The summed E-state index contributed by atoms with van der Waals surface area (Å²) >= 11 is 8.97. The van der Waals surface area contributed by atoms with Crippen LogP contribution in [0.25, 0.3) is 0 Å². The molecule has 0 fully saturated rings. The number of rotatable bonds is 6. The first-order valence-electron chi connectivity index (χ1n) is 13.6. The van der Waals surface area contributed by atoms with Crippen LogP contribution in [0.1, 0.15) is 44.5 Å². The summed E-state index contributed by atoms with van der Waals surface area (Å²) in [6, 6.07) is 25.3. The molecule has 0 spiro atoms. The molecule has 220 valence electrons. The van der Waals surface area contributed by atoms with E-state index in [1.54, 1.807) is 48.5 Å². The molecule has 5 rings (SSSR count). The molecule has 4 bridgehead atoms. The van der Waals surface area contributed by atoms with E-state index in [0.29, 0.717) is 11.5 Å².